The van der Waals surface area contributed by atoms with E-state index in [4.69, 9.17) is 4.74 Å². The number of esters is 1. The van der Waals surface area contributed by atoms with Crippen LogP contribution in [-0.2, 0) is 14.3 Å². The number of carbonyl (C=O) groups is 2. The third kappa shape index (κ3) is 2.53. The lowest BCUT2D eigenvalue weighted by molar-refractivity contribution is -0.148. The van der Waals surface area contributed by atoms with Crippen molar-refractivity contribution in [2.75, 3.05) is 0 Å². The van der Waals surface area contributed by atoms with Crippen molar-refractivity contribution in [3.8, 4) is 0 Å². The lowest BCUT2D eigenvalue weighted by Crippen LogP contribution is -2.48. The standard InChI is InChI=1S/C23H32O3/c1-14(24)19-7-8-20-18-6-5-16-13-17(26-15(2)25)9-11-22(16,3)21(18)10-12-23(19,20)4/h5,8,17-19,21H,6-7,9-13H2,1-4H3. The Hall–Kier alpha value is -1.38. The van der Waals surface area contributed by atoms with Crippen molar-refractivity contribution in [2.45, 2.75) is 78.7 Å². The molecule has 0 heterocycles. The topological polar surface area (TPSA) is 43.4 Å². The minimum Gasteiger partial charge on any atom is -0.462 e. The summed E-state index contributed by atoms with van der Waals surface area (Å²) in [5.74, 6) is 1.66. The number of allylic oxidation sites excluding steroid dienone is 3. The number of Topliss-reactive ketones (excluding diaryl/α,β-unsaturated/α-hetero) is 1. The number of hydrogen-bond donors (Lipinski definition) is 0. The van der Waals surface area contributed by atoms with Crippen LogP contribution in [0.1, 0.15) is 72.6 Å². The smallest absolute Gasteiger partial charge is 0.302 e. The predicted molar refractivity (Wildman–Crippen MR) is 101 cm³/mol. The third-order valence-corrected chi connectivity index (χ3v) is 8.29. The summed E-state index contributed by atoms with van der Waals surface area (Å²) >= 11 is 0. The van der Waals surface area contributed by atoms with Crippen LogP contribution >= 0.6 is 0 Å². The van der Waals surface area contributed by atoms with Gasteiger partial charge in [0.05, 0.1) is 0 Å². The van der Waals surface area contributed by atoms with Crippen LogP contribution in [0.5, 0.6) is 0 Å². The molecule has 3 nitrogen and oxygen atoms in total. The minimum absolute atomic E-state index is 0.0602. The summed E-state index contributed by atoms with van der Waals surface area (Å²) in [6.07, 6.45) is 12.3. The highest BCUT2D eigenvalue weighted by atomic mass is 16.5. The van der Waals surface area contributed by atoms with Crippen molar-refractivity contribution >= 4 is 11.8 Å². The van der Waals surface area contributed by atoms with Gasteiger partial charge in [0.2, 0.25) is 0 Å². The fourth-order valence-electron chi connectivity index (χ4n) is 6.92. The molecule has 0 N–H and O–H groups in total. The second-order valence-corrected chi connectivity index (χ2v) is 9.58. The Kier molecular flexibility index (Phi) is 4.20. The average molecular weight is 357 g/mol. The maximum absolute atomic E-state index is 12.2. The second kappa shape index (κ2) is 6.07. The monoisotopic (exact) mass is 356 g/mol. The largest absolute Gasteiger partial charge is 0.462 e. The van der Waals surface area contributed by atoms with Gasteiger partial charge in [0.1, 0.15) is 11.9 Å². The quantitative estimate of drug-likeness (QED) is 0.516. The summed E-state index contributed by atoms with van der Waals surface area (Å²) in [6.45, 7) is 8.07. The molecule has 4 aliphatic rings. The lowest BCUT2D eigenvalue weighted by atomic mass is 9.48. The minimum atomic E-state index is -0.160. The Bertz CT molecular complexity index is 702. The number of ketones is 1. The summed E-state index contributed by atoms with van der Waals surface area (Å²) in [5, 5.41) is 0. The van der Waals surface area contributed by atoms with Gasteiger partial charge in [-0.05, 0) is 68.1 Å². The molecule has 0 radical (unpaired) electrons. The second-order valence-electron chi connectivity index (χ2n) is 9.58. The molecule has 0 aromatic heterocycles. The fraction of sp³-hybridized carbons (Fsp3) is 0.739. The molecular formula is C23H32O3. The third-order valence-electron chi connectivity index (χ3n) is 8.29. The molecule has 0 aliphatic heterocycles. The molecule has 0 spiro atoms. The van der Waals surface area contributed by atoms with E-state index in [9.17, 15) is 9.59 Å². The molecule has 0 aromatic carbocycles. The van der Waals surface area contributed by atoms with Gasteiger partial charge in [0.25, 0.3) is 0 Å². The Morgan fingerprint density at radius 1 is 1.04 bits per heavy atom. The van der Waals surface area contributed by atoms with Crippen LogP contribution in [0.4, 0.5) is 0 Å². The van der Waals surface area contributed by atoms with Gasteiger partial charge >= 0.3 is 5.97 Å². The van der Waals surface area contributed by atoms with Crippen LogP contribution in [0.2, 0.25) is 0 Å². The van der Waals surface area contributed by atoms with E-state index < -0.39 is 0 Å². The Labute approximate surface area is 157 Å². The van der Waals surface area contributed by atoms with Gasteiger partial charge in [-0.2, -0.15) is 0 Å². The SMILES string of the molecule is CC(=O)OC1CCC2(C)C(=CCC3C4=CCC(C(C)=O)C4(C)CCC32)C1. The lowest BCUT2D eigenvalue weighted by Gasteiger charge is -2.56. The zero-order chi connectivity index (χ0) is 18.7. The van der Waals surface area contributed by atoms with Gasteiger partial charge in [-0.1, -0.05) is 37.1 Å². The molecule has 4 aliphatic carbocycles. The molecule has 142 valence electrons. The number of ether oxygens (including phenoxy) is 1. The van der Waals surface area contributed by atoms with E-state index in [1.54, 1.807) is 12.5 Å². The van der Waals surface area contributed by atoms with Crippen LogP contribution in [0.3, 0.4) is 0 Å². The van der Waals surface area contributed by atoms with Crippen molar-refractivity contribution in [1.82, 2.24) is 0 Å². The van der Waals surface area contributed by atoms with Gasteiger partial charge in [-0.3, -0.25) is 9.59 Å². The van der Waals surface area contributed by atoms with Crippen molar-refractivity contribution in [3.63, 3.8) is 0 Å². The first kappa shape index (κ1) is 18.0. The number of hydrogen-bond acceptors (Lipinski definition) is 3. The van der Waals surface area contributed by atoms with Crippen molar-refractivity contribution in [3.05, 3.63) is 23.3 Å². The summed E-state index contributed by atoms with van der Waals surface area (Å²) < 4.78 is 5.52. The molecule has 2 fully saturated rings. The summed E-state index contributed by atoms with van der Waals surface area (Å²) in [7, 11) is 0. The van der Waals surface area contributed by atoms with Crippen molar-refractivity contribution in [1.29, 1.82) is 0 Å². The van der Waals surface area contributed by atoms with Crippen LogP contribution < -0.4 is 0 Å². The molecule has 0 aromatic rings. The van der Waals surface area contributed by atoms with Crippen LogP contribution in [0.15, 0.2) is 23.3 Å². The zero-order valence-corrected chi connectivity index (χ0v) is 16.6. The fourth-order valence-corrected chi connectivity index (χ4v) is 6.92. The summed E-state index contributed by atoms with van der Waals surface area (Å²) in [5.41, 5.74) is 3.41. The van der Waals surface area contributed by atoms with Gasteiger partial charge in [-0.15, -0.1) is 0 Å². The first-order chi connectivity index (χ1) is 12.3. The molecule has 2 saturated carbocycles. The van der Waals surface area contributed by atoms with Crippen LogP contribution in [0.25, 0.3) is 0 Å². The summed E-state index contributed by atoms with van der Waals surface area (Å²) in [6, 6.07) is 0. The van der Waals surface area contributed by atoms with Gasteiger partial charge in [0.15, 0.2) is 0 Å². The van der Waals surface area contributed by atoms with E-state index in [0.29, 0.717) is 17.6 Å². The van der Waals surface area contributed by atoms with Gasteiger partial charge in [-0.25, -0.2) is 0 Å². The zero-order valence-electron chi connectivity index (χ0n) is 16.6. The predicted octanol–water partition coefficient (Wildman–Crippen LogP) is 5.01. The molecule has 6 unspecified atom stereocenters. The molecule has 6 atom stereocenters. The molecule has 0 amide bonds. The number of fused-ring (bicyclic) bond motifs is 5. The van der Waals surface area contributed by atoms with Gasteiger partial charge in [0, 0.05) is 19.3 Å². The average Bonchev–Trinajstić information content (AvgIpc) is 2.92. The van der Waals surface area contributed by atoms with Gasteiger partial charge < -0.3 is 4.74 Å². The van der Waals surface area contributed by atoms with E-state index in [0.717, 1.165) is 38.5 Å². The number of carbonyl (C=O) groups excluding carboxylic acids is 2. The summed E-state index contributed by atoms with van der Waals surface area (Å²) in [4.78, 5) is 23.5. The van der Waals surface area contributed by atoms with E-state index in [1.165, 1.54) is 18.9 Å². The van der Waals surface area contributed by atoms with E-state index >= 15 is 0 Å². The Morgan fingerprint density at radius 3 is 2.46 bits per heavy atom. The Morgan fingerprint density at radius 2 is 1.77 bits per heavy atom. The Balaban J connectivity index is 1.61. The number of rotatable bonds is 2. The molecule has 3 heteroatoms. The molecule has 0 saturated heterocycles. The maximum Gasteiger partial charge on any atom is 0.302 e. The highest BCUT2D eigenvalue weighted by Crippen LogP contribution is 2.64. The molecule has 4 rings (SSSR count). The van der Waals surface area contributed by atoms with E-state index in [-0.39, 0.29) is 28.8 Å². The highest BCUT2D eigenvalue weighted by molar-refractivity contribution is 5.80. The normalized spacial score (nSPS) is 44.2. The first-order valence-corrected chi connectivity index (χ1v) is 10.3. The highest BCUT2D eigenvalue weighted by Gasteiger charge is 2.56. The molecule has 0 bridgehead atoms. The van der Waals surface area contributed by atoms with Crippen molar-refractivity contribution in [2.24, 2.45) is 28.6 Å². The first-order valence-electron chi connectivity index (χ1n) is 10.3. The van der Waals surface area contributed by atoms with E-state index in [2.05, 4.69) is 26.0 Å². The molecular weight excluding hydrogens is 324 g/mol. The maximum atomic E-state index is 12.2. The van der Waals surface area contributed by atoms with Crippen molar-refractivity contribution < 1.29 is 14.3 Å². The van der Waals surface area contributed by atoms with Crippen LogP contribution in [-0.4, -0.2) is 17.9 Å². The van der Waals surface area contributed by atoms with E-state index in [1.807, 2.05) is 0 Å². The van der Waals surface area contributed by atoms with Crippen LogP contribution in [0, 0.1) is 28.6 Å². The molecule has 26 heavy (non-hydrogen) atoms.